The van der Waals surface area contributed by atoms with Gasteiger partial charge in [0.1, 0.15) is 0 Å². The predicted molar refractivity (Wildman–Crippen MR) is 54.9 cm³/mol. The maximum atomic E-state index is 11.8. The SMILES string of the molecule is CCn1cncc1CNCCCC(F)(F)F. The molecule has 0 saturated heterocycles. The first-order chi connectivity index (χ1) is 7.53. The lowest BCUT2D eigenvalue weighted by Gasteiger charge is -2.08. The van der Waals surface area contributed by atoms with Crippen LogP contribution in [0.3, 0.4) is 0 Å². The van der Waals surface area contributed by atoms with Gasteiger partial charge < -0.3 is 9.88 Å². The summed E-state index contributed by atoms with van der Waals surface area (Å²) >= 11 is 0. The van der Waals surface area contributed by atoms with Gasteiger partial charge in [-0.25, -0.2) is 4.98 Å². The number of halogens is 3. The van der Waals surface area contributed by atoms with E-state index in [2.05, 4.69) is 10.3 Å². The van der Waals surface area contributed by atoms with Gasteiger partial charge in [0.05, 0.1) is 12.0 Å². The molecule has 0 spiro atoms. The number of hydrogen-bond donors (Lipinski definition) is 1. The van der Waals surface area contributed by atoms with Crippen LogP contribution in [0.5, 0.6) is 0 Å². The van der Waals surface area contributed by atoms with E-state index in [-0.39, 0.29) is 6.42 Å². The zero-order chi connectivity index (χ0) is 12.0. The molecule has 0 fully saturated rings. The standard InChI is InChI=1S/C10H16F3N3/c1-2-16-8-15-7-9(16)6-14-5-3-4-10(11,12)13/h7-8,14H,2-6H2,1H3. The van der Waals surface area contributed by atoms with Crippen molar-refractivity contribution in [1.29, 1.82) is 0 Å². The van der Waals surface area contributed by atoms with E-state index >= 15 is 0 Å². The summed E-state index contributed by atoms with van der Waals surface area (Å²) in [5.74, 6) is 0. The number of nitrogens with one attached hydrogen (secondary N) is 1. The number of imidazole rings is 1. The highest BCUT2D eigenvalue weighted by atomic mass is 19.4. The Hall–Kier alpha value is -1.04. The van der Waals surface area contributed by atoms with Crippen molar-refractivity contribution in [3.63, 3.8) is 0 Å². The van der Waals surface area contributed by atoms with Gasteiger partial charge in [0, 0.05) is 25.7 Å². The Labute approximate surface area is 92.7 Å². The maximum absolute atomic E-state index is 11.8. The van der Waals surface area contributed by atoms with Crippen LogP contribution >= 0.6 is 0 Å². The van der Waals surface area contributed by atoms with Crippen molar-refractivity contribution in [2.24, 2.45) is 0 Å². The molecule has 1 N–H and O–H groups in total. The molecule has 3 nitrogen and oxygen atoms in total. The summed E-state index contributed by atoms with van der Waals surface area (Å²) in [6.07, 6.45) is -1.23. The Balaban J connectivity index is 2.16. The second-order valence-electron chi connectivity index (χ2n) is 3.57. The molecule has 0 amide bonds. The van der Waals surface area contributed by atoms with E-state index in [9.17, 15) is 13.2 Å². The molecule has 6 heteroatoms. The predicted octanol–water partition coefficient (Wildman–Crippen LogP) is 2.34. The van der Waals surface area contributed by atoms with Crippen molar-refractivity contribution in [1.82, 2.24) is 14.9 Å². The molecule has 0 atom stereocenters. The molecule has 16 heavy (non-hydrogen) atoms. The first-order valence-corrected chi connectivity index (χ1v) is 5.29. The third kappa shape index (κ3) is 4.65. The number of rotatable bonds is 6. The summed E-state index contributed by atoms with van der Waals surface area (Å²) in [5, 5.41) is 2.97. The molecule has 1 aromatic heterocycles. The van der Waals surface area contributed by atoms with Crippen molar-refractivity contribution >= 4 is 0 Å². The summed E-state index contributed by atoms with van der Waals surface area (Å²) in [6, 6.07) is 0. The highest BCUT2D eigenvalue weighted by Gasteiger charge is 2.25. The van der Waals surface area contributed by atoms with E-state index in [1.165, 1.54) is 0 Å². The molecule has 1 rings (SSSR count). The molecular weight excluding hydrogens is 219 g/mol. The molecule has 0 aliphatic heterocycles. The Kier molecular flexibility index (Phi) is 4.79. The molecule has 0 aliphatic rings. The van der Waals surface area contributed by atoms with E-state index in [1.54, 1.807) is 12.5 Å². The molecule has 92 valence electrons. The Morgan fingerprint density at radius 2 is 2.19 bits per heavy atom. The first-order valence-electron chi connectivity index (χ1n) is 5.29. The van der Waals surface area contributed by atoms with Gasteiger partial charge in [-0.3, -0.25) is 0 Å². The largest absolute Gasteiger partial charge is 0.389 e. The molecule has 0 bridgehead atoms. The summed E-state index contributed by atoms with van der Waals surface area (Å²) < 4.78 is 37.5. The van der Waals surface area contributed by atoms with Gasteiger partial charge in [0.25, 0.3) is 0 Å². The van der Waals surface area contributed by atoms with Crippen LogP contribution in [0, 0.1) is 0 Å². The number of aromatic nitrogens is 2. The number of alkyl halides is 3. The monoisotopic (exact) mass is 235 g/mol. The van der Waals surface area contributed by atoms with Crippen LogP contribution in [0.1, 0.15) is 25.5 Å². The minimum Gasteiger partial charge on any atom is -0.334 e. The Morgan fingerprint density at radius 1 is 1.44 bits per heavy atom. The van der Waals surface area contributed by atoms with Crippen molar-refractivity contribution < 1.29 is 13.2 Å². The second-order valence-corrected chi connectivity index (χ2v) is 3.57. The molecule has 1 aromatic rings. The summed E-state index contributed by atoms with van der Waals surface area (Å²) in [5.41, 5.74) is 0.995. The van der Waals surface area contributed by atoms with Gasteiger partial charge in [-0.15, -0.1) is 0 Å². The molecule has 0 aliphatic carbocycles. The van der Waals surface area contributed by atoms with E-state index in [0.717, 1.165) is 12.2 Å². The van der Waals surface area contributed by atoms with Crippen LogP contribution in [0.4, 0.5) is 13.2 Å². The van der Waals surface area contributed by atoms with Crippen LogP contribution in [-0.4, -0.2) is 22.3 Å². The number of hydrogen-bond acceptors (Lipinski definition) is 2. The minimum atomic E-state index is -4.05. The lowest BCUT2D eigenvalue weighted by molar-refractivity contribution is -0.135. The van der Waals surface area contributed by atoms with Crippen molar-refractivity contribution in [3.05, 3.63) is 18.2 Å². The smallest absolute Gasteiger partial charge is 0.334 e. The average Bonchev–Trinajstić information content (AvgIpc) is 2.63. The molecule has 0 radical (unpaired) electrons. The highest BCUT2D eigenvalue weighted by molar-refractivity contribution is 4.97. The summed E-state index contributed by atoms with van der Waals surface area (Å²) in [4.78, 5) is 3.97. The van der Waals surface area contributed by atoms with Crippen molar-refractivity contribution in [3.8, 4) is 0 Å². The first kappa shape index (κ1) is 13.0. The van der Waals surface area contributed by atoms with Gasteiger partial charge in [-0.05, 0) is 19.9 Å². The fraction of sp³-hybridized carbons (Fsp3) is 0.700. The topological polar surface area (TPSA) is 29.9 Å². The lowest BCUT2D eigenvalue weighted by Crippen LogP contribution is -2.19. The van der Waals surface area contributed by atoms with Gasteiger partial charge in [0.2, 0.25) is 0 Å². The molecule has 1 heterocycles. The highest BCUT2D eigenvalue weighted by Crippen LogP contribution is 2.20. The Morgan fingerprint density at radius 3 is 2.81 bits per heavy atom. The minimum absolute atomic E-state index is 0.115. The van der Waals surface area contributed by atoms with Gasteiger partial charge in [-0.2, -0.15) is 13.2 Å². The van der Waals surface area contributed by atoms with Crippen LogP contribution in [-0.2, 0) is 13.1 Å². The summed E-state index contributed by atoms with van der Waals surface area (Å²) in [6.45, 7) is 3.74. The average molecular weight is 235 g/mol. The van der Waals surface area contributed by atoms with Crippen LogP contribution < -0.4 is 5.32 Å². The van der Waals surface area contributed by atoms with E-state index in [0.29, 0.717) is 13.1 Å². The molecule has 0 saturated carbocycles. The number of nitrogens with zero attached hydrogens (tertiary/aromatic N) is 2. The fourth-order valence-corrected chi connectivity index (χ4v) is 1.41. The molecule has 0 unspecified atom stereocenters. The van der Waals surface area contributed by atoms with Crippen LogP contribution in [0.2, 0.25) is 0 Å². The lowest BCUT2D eigenvalue weighted by atomic mass is 10.3. The van der Waals surface area contributed by atoms with Gasteiger partial charge in [0.15, 0.2) is 0 Å². The normalized spacial score (nSPS) is 12.0. The van der Waals surface area contributed by atoms with E-state index in [4.69, 9.17) is 0 Å². The fourth-order valence-electron chi connectivity index (χ4n) is 1.41. The second kappa shape index (κ2) is 5.89. The third-order valence-corrected chi connectivity index (χ3v) is 2.26. The van der Waals surface area contributed by atoms with Crippen LogP contribution in [0.15, 0.2) is 12.5 Å². The molecular formula is C10H16F3N3. The zero-order valence-electron chi connectivity index (χ0n) is 9.22. The van der Waals surface area contributed by atoms with Gasteiger partial charge >= 0.3 is 6.18 Å². The summed E-state index contributed by atoms with van der Waals surface area (Å²) in [7, 11) is 0. The van der Waals surface area contributed by atoms with E-state index in [1.807, 2.05) is 11.5 Å². The van der Waals surface area contributed by atoms with Crippen molar-refractivity contribution in [2.45, 2.75) is 39.0 Å². The Bertz CT molecular complexity index is 307. The quantitative estimate of drug-likeness (QED) is 0.767. The number of aryl methyl sites for hydroxylation is 1. The molecule has 0 aromatic carbocycles. The zero-order valence-corrected chi connectivity index (χ0v) is 9.22. The third-order valence-electron chi connectivity index (χ3n) is 2.26. The van der Waals surface area contributed by atoms with E-state index < -0.39 is 12.6 Å². The maximum Gasteiger partial charge on any atom is 0.389 e. The van der Waals surface area contributed by atoms with Gasteiger partial charge in [-0.1, -0.05) is 0 Å². The van der Waals surface area contributed by atoms with Crippen molar-refractivity contribution in [2.75, 3.05) is 6.54 Å². The van der Waals surface area contributed by atoms with Crippen LogP contribution in [0.25, 0.3) is 0 Å².